The first kappa shape index (κ1) is 15.9. The van der Waals surface area contributed by atoms with E-state index in [1.165, 1.54) is 10.9 Å². The SMILES string of the molecule is CN(C)C(=O)CN1CCC(Cc2cnc3ccccc3c2)CC1. The summed E-state index contributed by atoms with van der Waals surface area (Å²) in [6.07, 6.45) is 5.43. The molecule has 3 rings (SSSR count). The number of aromatic nitrogens is 1. The molecule has 1 aliphatic heterocycles. The Morgan fingerprint density at radius 2 is 2.00 bits per heavy atom. The third kappa shape index (κ3) is 4.08. The van der Waals surface area contributed by atoms with Gasteiger partial charge in [0.2, 0.25) is 5.91 Å². The number of hydrogen-bond donors (Lipinski definition) is 0. The maximum Gasteiger partial charge on any atom is 0.236 e. The van der Waals surface area contributed by atoms with E-state index in [-0.39, 0.29) is 5.91 Å². The van der Waals surface area contributed by atoms with E-state index in [1.807, 2.05) is 26.4 Å². The average molecular weight is 311 g/mol. The van der Waals surface area contributed by atoms with Crippen LogP contribution >= 0.6 is 0 Å². The molecule has 2 aromatic rings. The van der Waals surface area contributed by atoms with Crippen molar-refractivity contribution in [3.63, 3.8) is 0 Å². The van der Waals surface area contributed by atoms with Gasteiger partial charge in [-0.15, -0.1) is 0 Å². The average Bonchev–Trinajstić information content (AvgIpc) is 2.56. The lowest BCUT2D eigenvalue weighted by molar-refractivity contribution is -0.130. The largest absolute Gasteiger partial charge is 0.348 e. The molecule has 122 valence electrons. The summed E-state index contributed by atoms with van der Waals surface area (Å²) in [7, 11) is 3.64. The molecule has 0 saturated carbocycles. The Morgan fingerprint density at radius 3 is 2.74 bits per heavy atom. The molecule has 2 heterocycles. The summed E-state index contributed by atoms with van der Waals surface area (Å²) < 4.78 is 0. The van der Waals surface area contributed by atoms with Gasteiger partial charge in [0.1, 0.15) is 0 Å². The van der Waals surface area contributed by atoms with Gasteiger partial charge in [0.15, 0.2) is 0 Å². The Kier molecular flexibility index (Phi) is 4.91. The second-order valence-corrected chi connectivity index (χ2v) is 6.75. The molecule has 1 aliphatic rings. The van der Waals surface area contributed by atoms with Crippen LogP contribution in [0.4, 0.5) is 0 Å². The molecule has 4 nitrogen and oxygen atoms in total. The summed E-state index contributed by atoms with van der Waals surface area (Å²) in [5.41, 5.74) is 2.39. The van der Waals surface area contributed by atoms with E-state index in [0.717, 1.165) is 37.9 Å². The Morgan fingerprint density at radius 1 is 1.26 bits per heavy atom. The molecule has 4 heteroatoms. The third-order valence-electron chi connectivity index (χ3n) is 4.74. The summed E-state index contributed by atoms with van der Waals surface area (Å²) in [4.78, 5) is 20.3. The highest BCUT2D eigenvalue weighted by atomic mass is 16.2. The monoisotopic (exact) mass is 311 g/mol. The summed E-state index contributed by atoms with van der Waals surface area (Å²) >= 11 is 0. The number of nitrogens with zero attached hydrogens (tertiary/aromatic N) is 3. The zero-order chi connectivity index (χ0) is 16.2. The molecule has 0 bridgehead atoms. The number of hydrogen-bond acceptors (Lipinski definition) is 3. The second-order valence-electron chi connectivity index (χ2n) is 6.75. The lowest BCUT2D eigenvalue weighted by atomic mass is 9.90. The number of likely N-dealkylation sites (tertiary alicyclic amines) is 1. The molecular weight excluding hydrogens is 286 g/mol. The summed E-state index contributed by atoms with van der Waals surface area (Å²) in [6.45, 7) is 2.59. The maximum atomic E-state index is 11.8. The van der Waals surface area contributed by atoms with Crippen LogP contribution in [0.1, 0.15) is 18.4 Å². The molecule has 1 aromatic heterocycles. The van der Waals surface area contributed by atoms with Gasteiger partial charge in [-0.05, 0) is 56.0 Å². The number of pyridine rings is 1. The predicted molar refractivity (Wildman–Crippen MR) is 93.3 cm³/mol. The highest BCUT2D eigenvalue weighted by Crippen LogP contribution is 2.23. The number of fused-ring (bicyclic) bond motifs is 1. The van der Waals surface area contributed by atoms with Crippen LogP contribution in [0.25, 0.3) is 10.9 Å². The topological polar surface area (TPSA) is 36.4 Å². The number of rotatable bonds is 4. The molecule has 23 heavy (non-hydrogen) atoms. The van der Waals surface area contributed by atoms with Crippen LogP contribution in [0.5, 0.6) is 0 Å². The normalized spacial score (nSPS) is 16.6. The van der Waals surface area contributed by atoms with Crippen molar-refractivity contribution < 1.29 is 4.79 Å². The lowest BCUT2D eigenvalue weighted by Crippen LogP contribution is -2.41. The quantitative estimate of drug-likeness (QED) is 0.871. The standard InChI is InChI=1S/C19H25N3O/c1-21(2)19(23)14-22-9-7-15(8-10-22)11-16-12-17-5-3-4-6-18(17)20-13-16/h3-6,12-13,15H,7-11,14H2,1-2H3. The number of carbonyl (C=O) groups excluding carboxylic acids is 1. The number of para-hydroxylation sites is 1. The fraction of sp³-hybridized carbons (Fsp3) is 0.474. The van der Waals surface area contributed by atoms with Crippen molar-refractivity contribution in [2.75, 3.05) is 33.7 Å². The van der Waals surface area contributed by atoms with E-state index in [2.05, 4.69) is 34.1 Å². The molecule has 0 radical (unpaired) electrons. The van der Waals surface area contributed by atoms with E-state index >= 15 is 0 Å². The molecule has 1 amide bonds. The van der Waals surface area contributed by atoms with Crippen LogP contribution in [-0.2, 0) is 11.2 Å². The Hall–Kier alpha value is -1.94. The zero-order valence-corrected chi connectivity index (χ0v) is 14.0. The summed E-state index contributed by atoms with van der Waals surface area (Å²) in [6, 6.07) is 10.5. The minimum atomic E-state index is 0.196. The highest BCUT2D eigenvalue weighted by molar-refractivity contribution is 5.78. The number of amides is 1. The predicted octanol–water partition coefficient (Wildman–Crippen LogP) is 2.58. The van der Waals surface area contributed by atoms with E-state index in [4.69, 9.17) is 0 Å². The van der Waals surface area contributed by atoms with Gasteiger partial charge in [0.05, 0.1) is 12.1 Å². The van der Waals surface area contributed by atoms with Gasteiger partial charge in [-0.3, -0.25) is 14.7 Å². The summed E-state index contributed by atoms with van der Waals surface area (Å²) in [5.74, 6) is 0.894. The van der Waals surface area contributed by atoms with Crippen molar-refractivity contribution in [1.82, 2.24) is 14.8 Å². The number of piperidine rings is 1. The Labute approximate surface area is 138 Å². The van der Waals surface area contributed by atoms with Crippen molar-refractivity contribution in [1.29, 1.82) is 0 Å². The molecule has 1 saturated heterocycles. The van der Waals surface area contributed by atoms with Crippen molar-refractivity contribution in [3.8, 4) is 0 Å². The van der Waals surface area contributed by atoms with Gasteiger partial charge >= 0.3 is 0 Å². The molecule has 0 unspecified atom stereocenters. The van der Waals surface area contributed by atoms with E-state index in [9.17, 15) is 4.79 Å². The van der Waals surface area contributed by atoms with Crippen LogP contribution in [0.2, 0.25) is 0 Å². The van der Waals surface area contributed by atoms with E-state index < -0.39 is 0 Å². The van der Waals surface area contributed by atoms with Crippen LogP contribution in [0.3, 0.4) is 0 Å². The van der Waals surface area contributed by atoms with Gasteiger partial charge in [-0.2, -0.15) is 0 Å². The van der Waals surface area contributed by atoms with Crippen LogP contribution in [0.15, 0.2) is 36.5 Å². The number of carbonyl (C=O) groups is 1. The maximum absolute atomic E-state index is 11.8. The van der Waals surface area contributed by atoms with Gasteiger partial charge in [-0.25, -0.2) is 0 Å². The van der Waals surface area contributed by atoms with Crippen molar-refractivity contribution in [3.05, 3.63) is 42.1 Å². The van der Waals surface area contributed by atoms with Gasteiger partial charge in [-0.1, -0.05) is 18.2 Å². The molecule has 1 aromatic carbocycles. The molecular formula is C19H25N3O. The minimum Gasteiger partial charge on any atom is -0.348 e. The minimum absolute atomic E-state index is 0.196. The fourth-order valence-corrected chi connectivity index (χ4v) is 3.24. The smallest absolute Gasteiger partial charge is 0.236 e. The number of benzene rings is 1. The lowest BCUT2D eigenvalue weighted by Gasteiger charge is -2.32. The van der Waals surface area contributed by atoms with Crippen molar-refractivity contribution >= 4 is 16.8 Å². The van der Waals surface area contributed by atoms with Crippen LogP contribution < -0.4 is 0 Å². The van der Waals surface area contributed by atoms with Gasteiger partial charge < -0.3 is 4.90 Å². The molecule has 0 atom stereocenters. The Balaban J connectivity index is 1.54. The molecule has 0 spiro atoms. The first-order valence-corrected chi connectivity index (χ1v) is 8.38. The van der Waals surface area contributed by atoms with Crippen molar-refractivity contribution in [2.24, 2.45) is 5.92 Å². The summed E-state index contributed by atoms with van der Waals surface area (Å²) in [5, 5.41) is 1.22. The van der Waals surface area contributed by atoms with Gasteiger partial charge in [0, 0.05) is 25.7 Å². The fourth-order valence-electron chi connectivity index (χ4n) is 3.24. The van der Waals surface area contributed by atoms with Crippen LogP contribution in [0, 0.1) is 5.92 Å². The first-order chi connectivity index (χ1) is 11.1. The highest BCUT2D eigenvalue weighted by Gasteiger charge is 2.21. The van der Waals surface area contributed by atoms with Crippen molar-refractivity contribution in [2.45, 2.75) is 19.3 Å². The first-order valence-electron chi connectivity index (χ1n) is 8.38. The molecule has 0 aliphatic carbocycles. The third-order valence-corrected chi connectivity index (χ3v) is 4.74. The second kappa shape index (κ2) is 7.09. The van der Waals surface area contributed by atoms with Crippen LogP contribution in [-0.4, -0.2) is 54.4 Å². The molecule has 0 N–H and O–H groups in total. The number of likely N-dealkylation sites (N-methyl/N-ethyl adjacent to an activating group) is 1. The zero-order valence-electron chi connectivity index (χ0n) is 14.0. The molecule has 1 fully saturated rings. The van der Waals surface area contributed by atoms with Gasteiger partial charge in [0.25, 0.3) is 0 Å². The van der Waals surface area contributed by atoms with E-state index in [0.29, 0.717) is 12.5 Å². The Bertz CT molecular complexity index is 675. The van der Waals surface area contributed by atoms with E-state index in [1.54, 1.807) is 4.90 Å².